The van der Waals surface area contributed by atoms with Gasteiger partial charge in [-0.1, -0.05) is 30.3 Å². The van der Waals surface area contributed by atoms with Crippen molar-refractivity contribution in [2.75, 3.05) is 27.2 Å². The Morgan fingerprint density at radius 3 is 2.21 bits per heavy atom. The predicted octanol–water partition coefficient (Wildman–Crippen LogP) is 3.58. The molecule has 28 heavy (non-hydrogen) atoms. The van der Waals surface area contributed by atoms with Crippen LogP contribution in [0.25, 0.3) is 10.8 Å². The highest BCUT2D eigenvalue weighted by Crippen LogP contribution is 2.23. The number of imide groups is 1. The fraction of sp³-hybridized carbons (Fsp3) is 0.217. The number of methoxy groups -OCH3 is 1. The summed E-state index contributed by atoms with van der Waals surface area (Å²) in [6, 6.07) is 19.4. The van der Waals surface area contributed by atoms with Crippen molar-refractivity contribution in [3.63, 3.8) is 0 Å². The molecule has 1 heterocycles. The molecule has 3 aromatic rings. The molecule has 0 spiro atoms. The lowest BCUT2D eigenvalue weighted by Crippen LogP contribution is -2.36. The topological polar surface area (TPSA) is 49.9 Å². The van der Waals surface area contributed by atoms with E-state index in [0.717, 1.165) is 23.1 Å². The Hall–Kier alpha value is -3.18. The summed E-state index contributed by atoms with van der Waals surface area (Å²) < 4.78 is 5.27. The van der Waals surface area contributed by atoms with E-state index in [-0.39, 0.29) is 11.8 Å². The number of carbonyl (C=O) groups excluding carboxylic acids is 2. The highest BCUT2D eigenvalue weighted by atomic mass is 16.5. The van der Waals surface area contributed by atoms with Crippen LogP contribution in [0.1, 0.15) is 26.3 Å². The minimum Gasteiger partial charge on any atom is -0.497 e. The van der Waals surface area contributed by atoms with Gasteiger partial charge in [0.2, 0.25) is 0 Å². The second-order valence-electron chi connectivity index (χ2n) is 7.09. The van der Waals surface area contributed by atoms with E-state index >= 15 is 0 Å². The SMILES string of the molecule is COc1ccc2cc(CN(C)CCN3C(=O)c4ccccc4C3=O)ccc2c1. The highest BCUT2D eigenvalue weighted by molar-refractivity contribution is 6.21. The molecule has 0 fully saturated rings. The lowest BCUT2D eigenvalue weighted by molar-refractivity contribution is 0.0640. The van der Waals surface area contributed by atoms with Crippen molar-refractivity contribution in [3.05, 3.63) is 77.4 Å². The number of amides is 2. The Labute approximate surface area is 164 Å². The molecule has 0 N–H and O–H groups in total. The van der Waals surface area contributed by atoms with Crippen LogP contribution in [-0.4, -0.2) is 48.9 Å². The Bertz CT molecular complexity index is 1030. The fourth-order valence-electron chi connectivity index (χ4n) is 3.60. The molecule has 0 saturated carbocycles. The summed E-state index contributed by atoms with van der Waals surface area (Å²) in [5.74, 6) is 0.445. The van der Waals surface area contributed by atoms with Crippen molar-refractivity contribution in [1.29, 1.82) is 0 Å². The first kappa shape index (κ1) is 18.2. The molecule has 5 nitrogen and oxygen atoms in total. The molecule has 2 amide bonds. The number of carbonyl (C=O) groups is 2. The van der Waals surface area contributed by atoms with Crippen LogP contribution in [0.4, 0.5) is 0 Å². The molecule has 1 aliphatic heterocycles. The van der Waals surface area contributed by atoms with E-state index in [2.05, 4.69) is 29.2 Å². The van der Waals surface area contributed by atoms with Gasteiger partial charge >= 0.3 is 0 Å². The van der Waals surface area contributed by atoms with Gasteiger partial charge in [-0.3, -0.25) is 14.5 Å². The first-order valence-corrected chi connectivity index (χ1v) is 9.27. The van der Waals surface area contributed by atoms with Crippen molar-refractivity contribution in [2.24, 2.45) is 0 Å². The van der Waals surface area contributed by atoms with Gasteiger partial charge in [0.15, 0.2) is 0 Å². The van der Waals surface area contributed by atoms with Crippen LogP contribution in [0.5, 0.6) is 5.75 Å². The maximum absolute atomic E-state index is 12.5. The standard InChI is InChI=1S/C23H22N2O3/c1-24(11-12-25-22(26)20-5-3-4-6-21(20)23(25)27)15-16-7-8-18-14-19(28-2)10-9-17(18)13-16/h3-10,13-14H,11-12,15H2,1-2H3. The smallest absolute Gasteiger partial charge is 0.261 e. The molecule has 0 unspecified atom stereocenters. The molecule has 0 aromatic heterocycles. The van der Waals surface area contributed by atoms with E-state index in [9.17, 15) is 9.59 Å². The van der Waals surface area contributed by atoms with Crippen LogP contribution < -0.4 is 4.74 Å². The first-order valence-electron chi connectivity index (χ1n) is 9.27. The van der Waals surface area contributed by atoms with Crippen molar-refractivity contribution in [2.45, 2.75) is 6.54 Å². The minimum absolute atomic E-state index is 0.200. The zero-order chi connectivity index (χ0) is 19.7. The molecule has 1 aliphatic rings. The largest absolute Gasteiger partial charge is 0.497 e. The number of likely N-dealkylation sites (N-methyl/N-ethyl adjacent to an activating group) is 1. The van der Waals surface area contributed by atoms with Gasteiger partial charge in [0.1, 0.15) is 5.75 Å². The summed E-state index contributed by atoms with van der Waals surface area (Å²) in [4.78, 5) is 28.4. The number of fused-ring (bicyclic) bond motifs is 2. The van der Waals surface area contributed by atoms with E-state index < -0.39 is 0 Å². The molecule has 4 rings (SSSR count). The fourth-order valence-corrected chi connectivity index (χ4v) is 3.60. The molecule has 0 bridgehead atoms. The zero-order valence-corrected chi connectivity index (χ0v) is 16.0. The van der Waals surface area contributed by atoms with E-state index in [1.165, 1.54) is 10.5 Å². The molecule has 0 aliphatic carbocycles. The Morgan fingerprint density at radius 2 is 1.54 bits per heavy atom. The van der Waals surface area contributed by atoms with Crippen molar-refractivity contribution in [1.82, 2.24) is 9.80 Å². The maximum atomic E-state index is 12.5. The number of hydrogen-bond acceptors (Lipinski definition) is 4. The number of rotatable bonds is 6. The summed E-state index contributed by atoms with van der Waals surface area (Å²) in [5.41, 5.74) is 2.18. The summed E-state index contributed by atoms with van der Waals surface area (Å²) in [6.45, 7) is 1.74. The van der Waals surface area contributed by atoms with Crippen LogP contribution >= 0.6 is 0 Å². The van der Waals surface area contributed by atoms with E-state index in [1.54, 1.807) is 31.4 Å². The van der Waals surface area contributed by atoms with Crippen molar-refractivity contribution < 1.29 is 14.3 Å². The quantitative estimate of drug-likeness (QED) is 0.619. The molecular weight excluding hydrogens is 352 g/mol. The number of ether oxygens (including phenoxy) is 1. The van der Waals surface area contributed by atoms with Gasteiger partial charge in [0.25, 0.3) is 11.8 Å². The van der Waals surface area contributed by atoms with Gasteiger partial charge in [-0.25, -0.2) is 0 Å². The monoisotopic (exact) mass is 374 g/mol. The number of benzene rings is 3. The molecule has 0 atom stereocenters. The Morgan fingerprint density at radius 1 is 0.893 bits per heavy atom. The van der Waals surface area contributed by atoms with Gasteiger partial charge in [-0.05, 0) is 53.7 Å². The van der Waals surface area contributed by atoms with E-state index in [0.29, 0.717) is 24.2 Å². The molecule has 5 heteroatoms. The third-order valence-corrected chi connectivity index (χ3v) is 5.15. The highest BCUT2D eigenvalue weighted by Gasteiger charge is 2.34. The first-order chi connectivity index (χ1) is 13.6. The predicted molar refractivity (Wildman–Crippen MR) is 109 cm³/mol. The average molecular weight is 374 g/mol. The second kappa shape index (κ2) is 7.44. The van der Waals surface area contributed by atoms with Crippen LogP contribution in [0, 0.1) is 0 Å². The lowest BCUT2D eigenvalue weighted by Gasteiger charge is -2.21. The molecule has 142 valence electrons. The lowest BCUT2D eigenvalue weighted by atomic mass is 10.1. The minimum atomic E-state index is -0.200. The normalized spacial score (nSPS) is 13.5. The summed E-state index contributed by atoms with van der Waals surface area (Å²) >= 11 is 0. The molecule has 3 aromatic carbocycles. The Kier molecular flexibility index (Phi) is 4.84. The van der Waals surface area contributed by atoms with Crippen molar-refractivity contribution >= 4 is 22.6 Å². The molecule has 0 radical (unpaired) electrons. The van der Waals surface area contributed by atoms with Crippen LogP contribution in [0.2, 0.25) is 0 Å². The number of nitrogens with zero attached hydrogens (tertiary/aromatic N) is 2. The zero-order valence-electron chi connectivity index (χ0n) is 16.0. The van der Waals surface area contributed by atoms with Crippen molar-refractivity contribution in [3.8, 4) is 5.75 Å². The third-order valence-electron chi connectivity index (χ3n) is 5.15. The van der Waals surface area contributed by atoms with Gasteiger partial charge in [0, 0.05) is 19.6 Å². The summed E-state index contributed by atoms with van der Waals surface area (Å²) in [6.07, 6.45) is 0. The van der Waals surface area contributed by atoms with Crippen LogP contribution in [-0.2, 0) is 6.54 Å². The van der Waals surface area contributed by atoms with Gasteiger partial charge in [-0.15, -0.1) is 0 Å². The van der Waals surface area contributed by atoms with Gasteiger partial charge in [-0.2, -0.15) is 0 Å². The maximum Gasteiger partial charge on any atom is 0.261 e. The van der Waals surface area contributed by atoms with E-state index in [1.807, 2.05) is 19.2 Å². The average Bonchev–Trinajstić information content (AvgIpc) is 2.96. The van der Waals surface area contributed by atoms with Gasteiger partial charge in [0.05, 0.1) is 18.2 Å². The van der Waals surface area contributed by atoms with Gasteiger partial charge < -0.3 is 9.64 Å². The summed E-state index contributed by atoms with van der Waals surface area (Å²) in [5, 5.41) is 2.30. The summed E-state index contributed by atoms with van der Waals surface area (Å²) in [7, 11) is 3.66. The number of hydrogen-bond donors (Lipinski definition) is 0. The Balaban J connectivity index is 1.40. The molecular formula is C23H22N2O3. The second-order valence-corrected chi connectivity index (χ2v) is 7.09. The van der Waals surface area contributed by atoms with Crippen LogP contribution in [0.3, 0.4) is 0 Å². The third kappa shape index (κ3) is 3.37. The van der Waals surface area contributed by atoms with Crippen LogP contribution in [0.15, 0.2) is 60.7 Å². The van der Waals surface area contributed by atoms with E-state index in [4.69, 9.17) is 4.74 Å². The molecule has 0 saturated heterocycles.